The molecule has 2 aliphatic rings. The number of nitrogens with zero attached hydrogens (tertiary/aromatic N) is 5. The first-order chi connectivity index (χ1) is 22.7. The number of benzene rings is 1. The molecule has 0 aliphatic carbocycles. The van der Waals surface area contributed by atoms with Crippen LogP contribution in [0.15, 0.2) is 39.9 Å². The summed E-state index contributed by atoms with van der Waals surface area (Å²) in [6.07, 6.45) is -2.04. The molecule has 3 heterocycles. The first kappa shape index (κ1) is 34.6. The number of rotatable bonds is 13. The van der Waals surface area contributed by atoms with Crippen LogP contribution >= 0.6 is 0 Å². The van der Waals surface area contributed by atoms with Crippen LogP contribution in [-0.2, 0) is 27.5 Å². The van der Waals surface area contributed by atoms with E-state index in [1.165, 1.54) is 11.0 Å². The molecular weight excluding hydrogens is 657 g/mol. The van der Waals surface area contributed by atoms with Crippen LogP contribution in [0.1, 0.15) is 42.6 Å². The molecule has 2 aromatic carbocycles. The number of hydrogen-bond acceptors (Lipinski definition) is 12. The van der Waals surface area contributed by atoms with Gasteiger partial charge < -0.3 is 25.8 Å². The Morgan fingerprint density at radius 3 is 2.21 bits per heavy atom. The van der Waals surface area contributed by atoms with Crippen LogP contribution in [0.5, 0.6) is 0 Å². The van der Waals surface area contributed by atoms with Gasteiger partial charge in [0.05, 0.1) is 11.6 Å². The van der Waals surface area contributed by atoms with Gasteiger partial charge in [0.25, 0.3) is 21.0 Å². The van der Waals surface area contributed by atoms with E-state index in [0.717, 1.165) is 5.56 Å². The number of aromatic nitrogens is 2. The summed E-state index contributed by atoms with van der Waals surface area (Å²) in [5.41, 5.74) is -0.498. The number of nitrogens with one attached hydrogen (secondary N) is 3. The Kier molecular flexibility index (Phi) is 10.2. The third-order valence-electron chi connectivity index (χ3n) is 8.50. The van der Waals surface area contributed by atoms with Crippen LogP contribution < -0.4 is 36.6 Å². The van der Waals surface area contributed by atoms with Crippen LogP contribution in [0.25, 0.3) is 0 Å². The SMILES string of the molecule is N#Cc1ccc(CCNC(=O)[C@@H]2CCN2c2cc(N3CCC(CCNc4c(NCS(=O)(=O)O)c(=O)c4=O)CC3)nc(C(F)(F)F)n2)cc1. The van der Waals surface area contributed by atoms with Gasteiger partial charge >= 0.3 is 6.18 Å². The molecule has 256 valence electrons. The van der Waals surface area contributed by atoms with E-state index in [-0.39, 0.29) is 41.4 Å². The van der Waals surface area contributed by atoms with Gasteiger partial charge in [-0.3, -0.25) is 18.9 Å². The van der Waals surface area contributed by atoms with E-state index in [1.807, 2.05) is 6.07 Å². The van der Waals surface area contributed by atoms with Gasteiger partial charge in [-0.05, 0) is 55.7 Å². The summed E-state index contributed by atoms with van der Waals surface area (Å²) < 4.78 is 72.3. The van der Waals surface area contributed by atoms with Gasteiger partial charge in [0.1, 0.15) is 34.9 Å². The molecule has 3 aromatic rings. The summed E-state index contributed by atoms with van der Waals surface area (Å²) in [6, 6.07) is 9.80. The summed E-state index contributed by atoms with van der Waals surface area (Å²) in [6.45, 7) is 1.77. The van der Waals surface area contributed by atoms with Crippen molar-refractivity contribution >= 4 is 39.0 Å². The van der Waals surface area contributed by atoms with E-state index in [4.69, 9.17) is 9.81 Å². The highest BCUT2D eigenvalue weighted by molar-refractivity contribution is 7.85. The van der Waals surface area contributed by atoms with Crippen molar-refractivity contribution in [1.29, 1.82) is 5.26 Å². The summed E-state index contributed by atoms with van der Waals surface area (Å²) in [5.74, 6) is -2.26. The summed E-state index contributed by atoms with van der Waals surface area (Å²) in [7, 11) is -4.40. The molecule has 1 aromatic heterocycles. The highest BCUT2D eigenvalue weighted by Gasteiger charge is 2.40. The lowest BCUT2D eigenvalue weighted by molar-refractivity contribution is -0.144. The minimum absolute atomic E-state index is 0.0172. The second-order valence-corrected chi connectivity index (χ2v) is 13.2. The van der Waals surface area contributed by atoms with Gasteiger partial charge in [-0.1, -0.05) is 12.1 Å². The van der Waals surface area contributed by atoms with Crippen LogP contribution in [0.2, 0.25) is 0 Å². The molecule has 2 aliphatic heterocycles. The van der Waals surface area contributed by atoms with Crippen molar-refractivity contribution in [3.63, 3.8) is 0 Å². The van der Waals surface area contributed by atoms with Crippen molar-refractivity contribution in [2.75, 3.05) is 59.0 Å². The molecule has 14 nitrogen and oxygen atoms in total. The van der Waals surface area contributed by atoms with Crippen LogP contribution in [0.4, 0.5) is 36.2 Å². The highest BCUT2D eigenvalue weighted by atomic mass is 32.2. The Bertz CT molecular complexity index is 1870. The first-order valence-electron chi connectivity index (χ1n) is 15.2. The molecule has 0 bridgehead atoms. The molecule has 2 fully saturated rings. The quantitative estimate of drug-likeness (QED) is 0.150. The van der Waals surface area contributed by atoms with Gasteiger partial charge in [0.2, 0.25) is 11.7 Å². The summed E-state index contributed by atoms with van der Waals surface area (Å²) in [4.78, 5) is 47.4. The van der Waals surface area contributed by atoms with Crippen molar-refractivity contribution in [2.45, 2.75) is 44.3 Å². The number of carbonyl (C=O) groups excluding carboxylic acids is 1. The van der Waals surface area contributed by atoms with E-state index in [1.54, 1.807) is 29.2 Å². The third kappa shape index (κ3) is 8.20. The second-order valence-electron chi connectivity index (χ2n) is 11.7. The normalized spacial score (nSPS) is 17.1. The fraction of sp³-hybridized carbons (Fsp3) is 0.467. The molecule has 0 spiro atoms. The van der Waals surface area contributed by atoms with Crippen LogP contribution in [-0.4, -0.2) is 73.5 Å². The van der Waals surface area contributed by atoms with E-state index < -0.39 is 44.9 Å². The molecular formula is C30H33F3N8O6S. The highest BCUT2D eigenvalue weighted by Crippen LogP contribution is 2.34. The fourth-order valence-electron chi connectivity index (χ4n) is 5.73. The number of hydrogen-bond donors (Lipinski definition) is 4. The van der Waals surface area contributed by atoms with Crippen LogP contribution in [0, 0.1) is 17.2 Å². The molecule has 4 N–H and O–H groups in total. The molecule has 18 heteroatoms. The predicted molar refractivity (Wildman–Crippen MR) is 170 cm³/mol. The van der Waals surface area contributed by atoms with Gasteiger partial charge in [-0.15, -0.1) is 0 Å². The molecule has 48 heavy (non-hydrogen) atoms. The molecule has 5 rings (SSSR count). The number of carbonyl (C=O) groups is 1. The largest absolute Gasteiger partial charge is 0.451 e. The maximum atomic E-state index is 13.9. The van der Waals surface area contributed by atoms with E-state index in [0.29, 0.717) is 63.8 Å². The molecule has 1 atom stereocenters. The Morgan fingerprint density at radius 2 is 1.62 bits per heavy atom. The van der Waals surface area contributed by atoms with Crippen molar-refractivity contribution < 1.29 is 30.9 Å². The maximum Gasteiger partial charge on any atom is 0.451 e. The number of anilines is 4. The lowest BCUT2D eigenvalue weighted by Crippen LogP contribution is -2.57. The average Bonchev–Trinajstić information content (AvgIpc) is 3.02. The zero-order valence-corrected chi connectivity index (χ0v) is 26.4. The summed E-state index contributed by atoms with van der Waals surface area (Å²) >= 11 is 0. The van der Waals surface area contributed by atoms with Gasteiger partial charge in [0.15, 0.2) is 0 Å². The maximum absolute atomic E-state index is 13.9. The van der Waals surface area contributed by atoms with Crippen molar-refractivity contribution in [2.24, 2.45) is 5.92 Å². The molecule has 0 unspecified atom stereocenters. The second kappa shape index (κ2) is 14.2. The lowest BCUT2D eigenvalue weighted by Gasteiger charge is -2.41. The third-order valence-corrected chi connectivity index (χ3v) is 9.01. The smallest absolute Gasteiger partial charge is 0.380 e. The zero-order valence-electron chi connectivity index (χ0n) is 25.6. The number of amides is 1. The van der Waals surface area contributed by atoms with Gasteiger partial charge in [-0.2, -0.15) is 26.9 Å². The zero-order chi connectivity index (χ0) is 34.6. The van der Waals surface area contributed by atoms with Crippen LogP contribution in [0.3, 0.4) is 0 Å². The fourth-order valence-corrected chi connectivity index (χ4v) is 6.06. The minimum atomic E-state index is -4.80. The van der Waals surface area contributed by atoms with E-state index in [9.17, 15) is 36.0 Å². The van der Waals surface area contributed by atoms with Gasteiger partial charge in [-0.25, -0.2) is 9.97 Å². The standard InChI is InChI=1S/C30H33F3N8O6S/c31-30(32,33)29-38-22(15-23(39-29)41-14-9-21(41)28(44)36-11-6-18-1-3-20(16-34)4-2-18)40-12-7-19(8-13-40)5-10-35-24-25(27(43)26(24)42)37-17-48(45,46)47/h1-4,15,19,21,35,37H,5-14,17H2,(H,36,44)(H,45,46,47)/t21-/m0/s1. The Labute approximate surface area is 273 Å². The monoisotopic (exact) mass is 690 g/mol. The number of halogens is 3. The van der Waals surface area contributed by atoms with E-state index in [2.05, 4.69) is 25.9 Å². The first-order valence-corrected chi connectivity index (χ1v) is 16.8. The topological polar surface area (TPSA) is 198 Å². The Balaban J connectivity index is 1.16. The molecule has 0 radical (unpaired) electrons. The number of alkyl halides is 3. The van der Waals surface area contributed by atoms with Gasteiger partial charge in [0, 0.05) is 38.8 Å². The van der Waals surface area contributed by atoms with Crippen molar-refractivity contribution in [3.8, 4) is 6.07 Å². The van der Waals surface area contributed by atoms with E-state index >= 15 is 0 Å². The molecule has 1 amide bonds. The number of nitriles is 1. The lowest BCUT2D eigenvalue weighted by atomic mass is 9.93. The molecule has 2 saturated heterocycles. The summed E-state index contributed by atoms with van der Waals surface area (Å²) in [5, 5.41) is 16.8. The number of piperidine rings is 1. The molecule has 0 saturated carbocycles. The predicted octanol–water partition coefficient (Wildman–Crippen LogP) is 1.88. The Hall–Kier alpha value is -4.76. The minimum Gasteiger partial charge on any atom is -0.380 e. The van der Waals surface area contributed by atoms with Crippen molar-refractivity contribution in [1.82, 2.24) is 15.3 Å². The average molecular weight is 691 g/mol. The van der Waals surface area contributed by atoms with Crippen molar-refractivity contribution in [3.05, 3.63) is 67.7 Å². The Morgan fingerprint density at radius 1 is 0.979 bits per heavy atom.